The molecule has 0 bridgehead atoms. The first-order valence-corrected chi connectivity index (χ1v) is 19.6. The first kappa shape index (κ1) is 45.2. The summed E-state index contributed by atoms with van der Waals surface area (Å²) in [6.45, 7) is 16.7. The molecule has 306 valence electrons. The lowest BCUT2D eigenvalue weighted by atomic mass is 10.1. The molecule has 1 unspecified atom stereocenters. The van der Waals surface area contributed by atoms with E-state index in [0.29, 0.717) is 4.90 Å². The van der Waals surface area contributed by atoms with E-state index >= 15 is 4.39 Å². The number of halogens is 1. The van der Waals surface area contributed by atoms with Gasteiger partial charge in [0.1, 0.15) is 34.0 Å². The third-order valence-corrected chi connectivity index (χ3v) is 10.1. The van der Waals surface area contributed by atoms with E-state index in [9.17, 15) is 28.5 Å². The molecule has 0 radical (unpaired) electrons. The summed E-state index contributed by atoms with van der Waals surface area (Å²) >= 11 is 0.773. The van der Waals surface area contributed by atoms with Crippen molar-refractivity contribution in [2.75, 3.05) is 18.6 Å². The number of carbonyl (C=O) groups is 4. The molecular weight excluding hydrogens is 766 g/mol. The van der Waals surface area contributed by atoms with Gasteiger partial charge in [0.25, 0.3) is 0 Å². The summed E-state index contributed by atoms with van der Waals surface area (Å²) in [5, 5.41) is -0.102. The van der Waals surface area contributed by atoms with Crippen molar-refractivity contribution in [1.82, 2.24) is 14.6 Å². The molecule has 1 N–H and O–H groups in total. The molecular formula is C35H50FN4O13PS. The van der Waals surface area contributed by atoms with Gasteiger partial charge in [-0.15, -0.1) is 11.8 Å². The fraction of sp³-hybridized carbons (Fsp3) is 0.600. The van der Waals surface area contributed by atoms with E-state index in [2.05, 4.69) is 10.1 Å². The van der Waals surface area contributed by atoms with E-state index in [4.69, 9.17) is 32.7 Å². The van der Waals surface area contributed by atoms with Crippen LogP contribution in [0, 0.1) is 6.92 Å². The number of hydrogen-bond acceptors (Lipinski definition) is 15. The zero-order chi connectivity index (χ0) is 41.7. The van der Waals surface area contributed by atoms with Gasteiger partial charge < -0.3 is 28.2 Å². The van der Waals surface area contributed by atoms with Crippen molar-refractivity contribution < 1.29 is 60.9 Å². The number of amides is 2. The lowest BCUT2D eigenvalue weighted by Gasteiger charge is -2.28. The molecule has 1 aliphatic heterocycles. The van der Waals surface area contributed by atoms with Gasteiger partial charge in [0, 0.05) is 6.20 Å². The number of thioether (sulfide) groups is 1. The van der Waals surface area contributed by atoms with Crippen LogP contribution < -0.4 is 20.2 Å². The molecule has 0 saturated carbocycles. The van der Waals surface area contributed by atoms with Gasteiger partial charge in [-0.05, 0) is 94.4 Å². The highest BCUT2D eigenvalue weighted by molar-refractivity contribution is 8.00. The molecule has 2 amide bonds. The number of anilines is 1. The molecule has 1 aromatic heterocycles. The Morgan fingerprint density at radius 2 is 1.49 bits per heavy atom. The summed E-state index contributed by atoms with van der Waals surface area (Å²) in [6.07, 6.45) is -6.27. The quantitative estimate of drug-likeness (QED) is 0.140. The molecule has 55 heavy (non-hydrogen) atoms. The zero-order valence-corrected chi connectivity index (χ0v) is 34.7. The lowest BCUT2D eigenvalue weighted by Crippen LogP contribution is -2.45. The summed E-state index contributed by atoms with van der Waals surface area (Å²) in [5.41, 5.74) is -3.33. The molecule has 1 aromatic carbocycles. The number of aromatic nitrogens is 2. The van der Waals surface area contributed by atoms with Crippen molar-refractivity contribution in [2.45, 2.75) is 122 Å². The maximum atomic E-state index is 16.5. The molecule has 3 rings (SSSR count). The molecule has 2 heterocycles. The number of methoxy groups -OCH3 is 1. The van der Waals surface area contributed by atoms with Crippen molar-refractivity contribution in [3.8, 4) is 5.75 Å². The number of alkyl halides is 1. The van der Waals surface area contributed by atoms with Crippen LogP contribution in [0.1, 0.15) is 80.2 Å². The van der Waals surface area contributed by atoms with E-state index in [1.165, 1.54) is 19.1 Å². The number of aryl methyl sites for hydroxylation is 1. The molecule has 0 aliphatic carbocycles. The second-order valence-electron chi connectivity index (χ2n) is 15.4. The fourth-order valence-electron chi connectivity index (χ4n) is 4.64. The second kappa shape index (κ2) is 17.7. The minimum atomic E-state index is -4.45. The molecule has 6 atom stereocenters. The number of benzene rings is 1. The summed E-state index contributed by atoms with van der Waals surface area (Å²) in [4.78, 5) is 69.2. The van der Waals surface area contributed by atoms with Crippen molar-refractivity contribution in [3.63, 3.8) is 0 Å². The van der Waals surface area contributed by atoms with Crippen LogP contribution in [0.2, 0.25) is 0 Å². The van der Waals surface area contributed by atoms with Crippen LogP contribution in [0.5, 0.6) is 5.75 Å². The van der Waals surface area contributed by atoms with Gasteiger partial charge in [0.2, 0.25) is 0 Å². The highest BCUT2D eigenvalue weighted by Gasteiger charge is 2.50. The SMILES string of the molecule is COC(=O)[C@H](C)NP(=O)(OC[C@H]1S[C@@H](n2ccc(N(C(=O)OC(C)(C)C)C(=O)OC(C)(C)C)nc2=O)[C@@H](F)[C@@H]1OC(=O)OC(C)(C)C)Oc1ccc(C)cc1. The molecule has 1 aliphatic rings. The maximum absolute atomic E-state index is 16.5. The number of rotatable bonds is 11. The average Bonchev–Trinajstić information content (AvgIpc) is 3.32. The first-order valence-electron chi connectivity index (χ1n) is 17.1. The highest BCUT2D eigenvalue weighted by Crippen LogP contribution is 2.50. The molecule has 20 heteroatoms. The highest BCUT2D eigenvalue weighted by atomic mass is 32.2. The number of esters is 1. The predicted octanol–water partition coefficient (Wildman–Crippen LogP) is 6.86. The monoisotopic (exact) mass is 816 g/mol. The Morgan fingerprint density at radius 1 is 0.945 bits per heavy atom. The standard InChI is InChI=1S/C35H50FN4O13PS/c1-20-13-15-22(16-14-20)53-54(46,38-21(2)28(41)47-12)48-19-23-26(49-32(45)52-35(9,10)11)25(36)27(55-23)39-18-17-24(37-29(39)42)40(30(43)50-33(3,4)5)31(44)51-34(6,7)8/h13-18,21,23,25-27H,19H2,1-12H3,(H,38,46)/t21-,23+,25-,26+,27+,54?/m0/s1. The van der Waals surface area contributed by atoms with Crippen molar-refractivity contribution >= 4 is 49.6 Å². The van der Waals surface area contributed by atoms with Crippen LogP contribution in [0.4, 0.5) is 24.6 Å². The van der Waals surface area contributed by atoms with Gasteiger partial charge in [0.15, 0.2) is 18.1 Å². The molecule has 1 fully saturated rings. The predicted molar refractivity (Wildman–Crippen MR) is 200 cm³/mol. The topological polar surface area (TPSA) is 200 Å². The Bertz CT molecular complexity index is 1780. The minimum Gasteiger partial charge on any atom is -0.468 e. The van der Waals surface area contributed by atoms with E-state index in [-0.39, 0.29) is 5.75 Å². The Hall–Kier alpha value is -4.19. The number of ether oxygens (including phenoxy) is 5. The van der Waals surface area contributed by atoms with E-state index in [1.807, 2.05) is 6.92 Å². The van der Waals surface area contributed by atoms with Crippen LogP contribution in [0.3, 0.4) is 0 Å². The third kappa shape index (κ3) is 13.5. The Kier molecular flexibility index (Phi) is 14.6. The number of nitrogens with one attached hydrogen (secondary N) is 1. The largest absolute Gasteiger partial charge is 0.509 e. The van der Waals surface area contributed by atoms with Crippen LogP contribution in [0.25, 0.3) is 0 Å². The van der Waals surface area contributed by atoms with Gasteiger partial charge in [-0.3, -0.25) is 13.9 Å². The van der Waals surface area contributed by atoms with Gasteiger partial charge in [-0.1, -0.05) is 17.7 Å². The van der Waals surface area contributed by atoms with Crippen molar-refractivity contribution in [1.29, 1.82) is 0 Å². The minimum absolute atomic E-state index is 0.116. The van der Waals surface area contributed by atoms with Crippen molar-refractivity contribution in [2.24, 2.45) is 0 Å². The van der Waals surface area contributed by atoms with Gasteiger partial charge in [0.05, 0.1) is 19.0 Å². The average molecular weight is 817 g/mol. The molecule has 2 aromatic rings. The number of nitrogens with zero attached hydrogens (tertiary/aromatic N) is 3. The molecule has 1 saturated heterocycles. The number of hydrogen-bond donors (Lipinski definition) is 1. The molecule has 17 nitrogen and oxygen atoms in total. The Labute approximate surface area is 323 Å². The van der Waals surface area contributed by atoms with Gasteiger partial charge in [-0.25, -0.2) is 28.1 Å². The van der Waals surface area contributed by atoms with Crippen LogP contribution in [-0.4, -0.2) is 87.9 Å². The summed E-state index contributed by atoms with van der Waals surface area (Å²) in [5.74, 6) is -1.14. The number of carbonyl (C=O) groups excluding carboxylic acids is 4. The smallest absolute Gasteiger partial charge is 0.468 e. The summed E-state index contributed by atoms with van der Waals surface area (Å²) in [6, 6.07) is 6.36. The lowest BCUT2D eigenvalue weighted by molar-refractivity contribution is -0.142. The van der Waals surface area contributed by atoms with E-state index in [1.54, 1.807) is 74.4 Å². The Morgan fingerprint density at radius 3 is 1.98 bits per heavy atom. The van der Waals surface area contributed by atoms with Gasteiger partial charge in [-0.2, -0.15) is 15.0 Å². The molecule has 0 spiro atoms. The van der Waals surface area contributed by atoms with E-state index in [0.717, 1.165) is 41.3 Å². The summed E-state index contributed by atoms with van der Waals surface area (Å²) in [7, 11) is -3.31. The van der Waals surface area contributed by atoms with Gasteiger partial charge >= 0.3 is 37.7 Å². The normalized spacial score (nSPS) is 20.4. The van der Waals surface area contributed by atoms with Crippen LogP contribution in [0.15, 0.2) is 41.3 Å². The van der Waals surface area contributed by atoms with Crippen LogP contribution in [-0.2, 0) is 37.6 Å². The second-order valence-corrected chi connectivity index (χ2v) is 18.5. The Balaban J connectivity index is 2.00. The third-order valence-electron chi connectivity index (χ3n) is 6.92. The zero-order valence-electron chi connectivity index (χ0n) is 32.9. The maximum Gasteiger partial charge on any atom is 0.509 e. The van der Waals surface area contributed by atoms with Crippen LogP contribution >= 0.6 is 19.5 Å². The van der Waals surface area contributed by atoms with E-state index < -0.39 is 95.9 Å². The first-order chi connectivity index (χ1) is 25.2. The number of imide groups is 1. The fourth-order valence-corrected chi connectivity index (χ4v) is 7.72. The van der Waals surface area contributed by atoms with Crippen molar-refractivity contribution in [3.05, 3.63) is 52.6 Å². The summed E-state index contributed by atoms with van der Waals surface area (Å²) < 4.78 is 69.0.